The molecule has 3 heterocycles. The van der Waals surface area contributed by atoms with Crippen LogP contribution in [-0.2, 0) is 11.3 Å². The van der Waals surface area contributed by atoms with Crippen LogP contribution in [0, 0.1) is 13.8 Å². The Bertz CT molecular complexity index is 1230. The Morgan fingerprint density at radius 1 is 1.06 bits per heavy atom. The first kappa shape index (κ1) is 23.0. The van der Waals surface area contributed by atoms with Crippen molar-refractivity contribution in [2.75, 3.05) is 11.4 Å². The molecule has 1 aliphatic heterocycles. The Morgan fingerprint density at radius 2 is 1.88 bits per heavy atom. The maximum Gasteiger partial charge on any atom is 0.137 e. The number of benzene rings is 1. The molecule has 0 unspecified atom stereocenters. The van der Waals surface area contributed by atoms with E-state index in [1.54, 1.807) is 6.20 Å². The standard InChI is InChI=1S/C27H29ClN4O/c1-17(2)27-29-10-9-23(31-27)24-13-25(19(4)14-30-24)32-15-22(28)26(12-20(32)5)33-16-21-8-6-7-18(3)11-21/h6-14,17H,15-16H2,1-5H3. The minimum Gasteiger partial charge on any atom is -0.488 e. The first-order chi connectivity index (χ1) is 15.8. The van der Waals surface area contributed by atoms with Crippen molar-refractivity contribution < 1.29 is 4.74 Å². The second kappa shape index (κ2) is 9.75. The number of rotatable bonds is 6. The third-order valence-corrected chi connectivity index (χ3v) is 5.93. The molecule has 170 valence electrons. The molecule has 3 aromatic rings. The number of halogens is 1. The molecule has 0 aliphatic carbocycles. The van der Waals surface area contributed by atoms with Crippen molar-refractivity contribution in [2.45, 2.75) is 47.1 Å². The largest absolute Gasteiger partial charge is 0.488 e. The van der Waals surface area contributed by atoms with Gasteiger partial charge >= 0.3 is 0 Å². The molecule has 4 rings (SSSR count). The number of allylic oxidation sites excluding steroid dienone is 2. The number of aryl methyl sites for hydroxylation is 2. The van der Waals surface area contributed by atoms with Gasteiger partial charge < -0.3 is 9.64 Å². The van der Waals surface area contributed by atoms with Crippen LogP contribution in [0.25, 0.3) is 11.4 Å². The normalized spacial score (nSPS) is 14.0. The van der Waals surface area contributed by atoms with E-state index in [9.17, 15) is 0 Å². The summed E-state index contributed by atoms with van der Waals surface area (Å²) in [6.07, 6.45) is 5.68. The van der Waals surface area contributed by atoms with Gasteiger partial charge in [-0.2, -0.15) is 0 Å². The van der Waals surface area contributed by atoms with Crippen LogP contribution in [0.3, 0.4) is 0 Å². The van der Waals surface area contributed by atoms with Crippen LogP contribution in [-0.4, -0.2) is 21.5 Å². The van der Waals surface area contributed by atoms with E-state index in [1.165, 1.54) is 5.56 Å². The molecule has 0 amide bonds. The summed E-state index contributed by atoms with van der Waals surface area (Å²) in [5.74, 6) is 1.78. The molecule has 0 bridgehead atoms. The van der Waals surface area contributed by atoms with E-state index in [0.717, 1.165) is 45.5 Å². The van der Waals surface area contributed by atoms with Crippen molar-refractivity contribution in [3.05, 3.63) is 93.9 Å². The third-order valence-electron chi connectivity index (χ3n) is 5.63. The quantitative estimate of drug-likeness (QED) is 0.411. The summed E-state index contributed by atoms with van der Waals surface area (Å²) >= 11 is 6.69. The average Bonchev–Trinajstić information content (AvgIpc) is 2.80. The predicted octanol–water partition coefficient (Wildman–Crippen LogP) is 6.67. The lowest BCUT2D eigenvalue weighted by Crippen LogP contribution is -2.27. The fraction of sp³-hybridized carbons (Fsp3) is 0.296. The van der Waals surface area contributed by atoms with Crippen LogP contribution in [0.5, 0.6) is 0 Å². The lowest BCUT2D eigenvalue weighted by atomic mass is 10.1. The highest BCUT2D eigenvalue weighted by Crippen LogP contribution is 2.33. The smallest absolute Gasteiger partial charge is 0.137 e. The maximum absolute atomic E-state index is 6.69. The summed E-state index contributed by atoms with van der Waals surface area (Å²) in [5, 5.41) is 0.676. The van der Waals surface area contributed by atoms with Crippen molar-refractivity contribution in [2.24, 2.45) is 0 Å². The summed E-state index contributed by atoms with van der Waals surface area (Å²) in [5.41, 5.74) is 7.15. The van der Waals surface area contributed by atoms with Gasteiger partial charge in [0.1, 0.15) is 18.2 Å². The van der Waals surface area contributed by atoms with Crippen LogP contribution in [0.4, 0.5) is 5.69 Å². The molecular formula is C27H29ClN4O. The first-order valence-electron chi connectivity index (χ1n) is 11.1. The van der Waals surface area contributed by atoms with Crippen LogP contribution in [0.15, 0.2) is 71.4 Å². The molecule has 2 aromatic heterocycles. The molecule has 33 heavy (non-hydrogen) atoms. The Morgan fingerprint density at radius 3 is 2.64 bits per heavy atom. The van der Waals surface area contributed by atoms with Crippen molar-refractivity contribution in [3.63, 3.8) is 0 Å². The van der Waals surface area contributed by atoms with Gasteiger partial charge in [-0.25, -0.2) is 9.97 Å². The summed E-state index contributed by atoms with van der Waals surface area (Å²) < 4.78 is 6.07. The molecule has 1 aromatic carbocycles. The molecule has 0 radical (unpaired) electrons. The van der Waals surface area contributed by atoms with Gasteiger partial charge in [-0.3, -0.25) is 4.98 Å². The lowest BCUT2D eigenvalue weighted by molar-refractivity contribution is 0.208. The van der Waals surface area contributed by atoms with E-state index in [1.807, 2.05) is 24.4 Å². The summed E-state index contributed by atoms with van der Waals surface area (Å²) in [6.45, 7) is 11.4. The fourth-order valence-electron chi connectivity index (χ4n) is 3.78. The molecule has 0 saturated carbocycles. The molecular weight excluding hydrogens is 432 g/mol. The molecule has 0 fully saturated rings. The molecule has 0 N–H and O–H groups in total. The highest BCUT2D eigenvalue weighted by atomic mass is 35.5. The summed E-state index contributed by atoms with van der Waals surface area (Å²) in [7, 11) is 0. The van der Waals surface area contributed by atoms with E-state index in [0.29, 0.717) is 18.2 Å². The Hall–Kier alpha value is -3.18. The van der Waals surface area contributed by atoms with Gasteiger partial charge in [-0.05, 0) is 44.0 Å². The van der Waals surface area contributed by atoms with E-state index in [-0.39, 0.29) is 5.92 Å². The van der Waals surface area contributed by atoms with Gasteiger partial charge in [0.15, 0.2) is 0 Å². The molecule has 1 aliphatic rings. The molecule has 5 nitrogen and oxygen atoms in total. The van der Waals surface area contributed by atoms with Crippen LogP contribution in [0.2, 0.25) is 0 Å². The Balaban J connectivity index is 1.57. The monoisotopic (exact) mass is 460 g/mol. The summed E-state index contributed by atoms with van der Waals surface area (Å²) in [6, 6.07) is 12.3. The zero-order chi connectivity index (χ0) is 23.5. The van der Waals surface area contributed by atoms with Gasteiger partial charge in [-0.15, -0.1) is 0 Å². The minimum absolute atomic E-state index is 0.254. The maximum atomic E-state index is 6.69. The Labute approximate surface area is 200 Å². The van der Waals surface area contributed by atoms with E-state index < -0.39 is 0 Å². The molecule has 6 heteroatoms. The summed E-state index contributed by atoms with van der Waals surface area (Å²) in [4.78, 5) is 15.9. The Kier molecular flexibility index (Phi) is 6.80. The predicted molar refractivity (Wildman–Crippen MR) is 134 cm³/mol. The number of anilines is 1. The molecule has 0 atom stereocenters. The topological polar surface area (TPSA) is 51.1 Å². The lowest BCUT2D eigenvalue weighted by Gasteiger charge is -2.31. The second-order valence-corrected chi connectivity index (χ2v) is 9.19. The molecule has 0 spiro atoms. The number of hydrogen-bond acceptors (Lipinski definition) is 5. The number of pyridine rings is 1. The van der Waals surface area contributed by atoms with Crippen LogP contribution >= 0.6 is 11.6 Å². The fourth-order valence-corrected chi connectivity index (χ4v) is 4.01. The minimum atomic E-state index is 0.254. The van der Waals surface area contributed by atoms with Crippen molar-refractivity contribution in [1.29, 1.82) is 0 Å². The number of hydrogen-bond donors (Lipinski definition) is 0. The number of aromatic nitrogens is 3. The van der Waals surface area contributed by atoms with E-state index >= 15 is 0 Å². The van der Waals surface area contributed by atoms with Gasteiger partial charge in [0.05, 0.1) is 23.0 Å². The second-order valence-electron chi connectivity index (χ2n) is 8.73. The molecule has 0 saturated heterocycles. The van der Waals surface area contributed by atoms with Gasteiger partial charge in [0.25, 0.3) is 0 Å². The van der Waals surface area contributed by atoms with E-state index in [4.69, 9.17) is 21.3 Å². The van der Waals surface area contributed by atoms with Crippen molar-refractivity contribution >= 4 is 17.3 Å². The highest BCUT2D eigenvalue weighted by Gasteiger charge is 2.22. The van der Waals surface area contributed by atoms with Gasteiger partial charge in [0.2, 0.25) is 0 Å². The SMILES string of the molecule is CC1=CC(OCc2cccc(C)c2)=C(Cl)CN1c1cc(-c2ccnc(C(C)C)n2)ncc1C. The van der Waals surface area contributed by atoms with Gasteiger partial charge in [-0.1, -0.05) is 55.3 Å². The van der Waals surface area contributed by atoms with Crippen molar-refractivity contribution in [1.82, 2.24) is 15.0 Å². The highest BCUT2D eigenvalue weighted by molar-refractivity contribution is 6.30. The number of ether oxygens (including phenoxy) is 1. The zero-order valence-corrected chi connectivity index (χ0v) is 20.5. The van der Waals surface area contributed by atoms with Gasteiger partial charge in [0, 0.05) is 35.8 Å². The van der Waals surface area contributed by atoms with Crippen LogP contribution < -0.4 is 4.90 Å². The third kappa shape index (κ3) is 5.25. The zero-order valence-electron chi connectivity index (χ0n) is 19.8. The van der Waals surface area contributed by atoms with Crippen LogP contribution in [0.1, 0.15) is 49.2 Å². The number of nitrogens with zero attached hydrogens (tertiary/aromatic N) is 4. The van der Waals surface area contributed by atoms with Crippen molar-refractivity contribution in [3.8, 4) is 11.4 Å². The average molecular weight is 461 g/mol. The first-order valence-corrected chi connectivity index (χ1v) is 11.5. The van der Waals surface area contributed by atoms with E-state index in [2.05, 4.69) is 73.8 Å².